The van der Waals surface area contributed by atoms with Crippen LogP contribution in [-0.2, 0) is 6.54 Å². The molecule has 0 radical (unpaired) electrons. The summed E-state index contributed by atoms with van der Waals surface area (Å²) in [5.41, 5.74) is 0.974. The van der Waals surface area contributed by atoms with Crippen molar-refractivity contribution in [2.45, 2.75) is 32.6 Å². The molecule has 0 bridgehead atoms. The number of nitro groups is 1. The van der Waals surface area contributed by atoms with Gasteiger partial charge in [-0.1, -0.05) is 24.6 Å². The molecule has 6 nitrogen and oxygen atoms in total. The van der Waals surface area contributed by atoms with Crippen LogP contribution in [0.5, 0.6) is 0 Å². The SMILES string of the molecule is CCN(Cc1ccc(Cl)nc1)C(NC)C(C)[N+](=O)[O-]. The lowest BCUT2D eigenvalue weighted by molar-refractivity contribution is -0.527. The van der Waals surface area contributed by atoms with Gasteiger partial charge in [0.15, 0.2) is 0 Å². The summed E-state index contributed by atoms with van der Waals surface area (Å²) in [4.78, 5) is 16.7. The molecule has 0 aliphatic carbocycles. The molecule has 1 aromatic heterocycles. The molecule has 0 amide bonds. The summed E-state index contributed by atoms with van der Waals surface area (Å²) in [5.74, 6) is 0. The summed E-state index contributed by atoms with van der Waals surface area (Å²) in [7, 11) is 1.73. The van der Waals surface area contributed by atoms with E-state index in [9.17, 15) is 10.1 Å². The third kappa shape index (κ3) is 4.41. The highest BCUT2D eigenvalue weighted by Gasteiger charge is 2.29. The van der Waals surface area contributed by atoms with Gasteiger partial charge in [0.1, 0.15) is 11.3 Å². The summed E-state index contributed by atoms with van der Waals surface area (Å²) in [5, 5.41) is 14.4. The highest BCUT2D eigenvalue weighted by atomic mass is 35.5. The Labute approximate surface area is 117 Å². The second-order valence-electron chi connectivity index (χ2n) is 4.31. The highest BCUT2D eigenvalue weighted by molar-refractivity contribution is 6.29. The molecular weight excluding hydrogens is 268 g/mol. The van der Waals surface area contributed by atoms with Gasteiger partial charge < -0.3 is 0 Å². The number of nitrogens with zero attached hydrogens (tertiary/aromatic N) is 3. The first-order chi connectivity index (χ1) is 8.99. The van der Waals surface area contributed by atoms with Crippen LogP contribution in [0.2, 0.25) is 5.15 Å². The Morgan fingerprint density at radius 3 is 2.68 bits per heavy atom. The van der Waals surface area contributed by atoms with E-state index in [1.165, 1.54) is 0 Å². The molecule has 106 valence electrons. The van der Waals surface area contributed by atoms with E-state index in [2.05, 4.69) is 10.3 Å². The molecule has 7 heteroatoms. The van der Waals surface area contributed by atoms with E-state index in [0.717, 1.165) is 5.56 Å². The largest absolute Gasteiger partial charge is 0.299 e. The van der Waals surface area contributed by atoms with Crippen molar-refractivity contribution in [1.82, 2.24) is 15.2 Å². The van der Waals surface area contributed by atoms with Gasteiger partial charge in [-0.25, -0.2) is 4.98 Å². The fraction of sp³-hybridized carbons (Fsp3) is 0.583. The van der Waals surface area contributed by atoms with Crippen molar-refractivity contribution in [1.29, 1.82) is 0 Å². The minimum absolute atomic E-state index is 0.274. The molecule has 1 aromatic rings. The van der Waals surface area contributed by atoms with Crippen LogP contribution in [0.1, 0.15) is 19.4 Å². The maximum absolute atomic E-state index is 10.9. The normalized spacial score (nSPS) is 14.4. The maximum Gasteiger partial charge on any atom is 0.238 e. The molecule has 0 fully saturated rings. The third-order valence-corrected chi connectivity index (χ3v) is 3.28. The predicted molar refractivity (Wildman–Crippen MR) is 74.6 cm³/mol. The first-order valence-corrected chi connectivity index (χ1v) is 6.52. The van der Waals surface area contributed by atoms with E-state index in [4.69, 9.17) is 11.6 Å². The van der Waals surface area contributed by atoms with E-state index in [0.29, 0.717) is 18.2 Å². The van der Waals surface area contributed by atoms with Crippen molar-refractivity contribution in [3.05, 3.63) is 39.2 Å². The molecule has 0 spiro atoms. The molecule has 1 N–H and O–H groups in total. The standard InChI is InChI=1S/C12H19ClN4O2/c1-4-16(12(14-3)9(2)17(18)19)8-10-5-6-11(13)15-7-10/h5-7,9,12,14H,4,8H2,1-3H3. The van der Waals surface area contributed by atoms with Gasteiger partial charge in [0, 0.05) is 24.6 Å². The summed E-state index contributed by atoms with van der Waals surface area (Å²) < 4.78 is 0. The minimum atomic E-state index is -0.690. The Hall–Kier alpha value is -1.24. The molecule has 1 rings (SSSR count). The number of rotatable bonds is 7. The number of likely N-dealkylation sites (N-methyl/N-ethyl adjacent to an activating group) is 2. The van der Waals surface area contributed by atoms with Crippen molar-refractivity contribution in [2.75, 3.05) is 13.6 Å². The molecule has 19 heavy (non-hydrogen) atoms. The van der Waals surface area contributed by atoms with Gasteiger partial charge in [0.25, 0.3) is 0 Å². The van der Waals surface area contributed by atoms with Gasteiger partial charge in [-0.3, -0.25) is 20.3 Å². The molecule has 2 unspecified atom stereocenters. The number of hydrogen-bond donors (Lipinski definition) is 1. The van der Waals surface area contributed by atoms with E-state index in [1.807, 2.05) is 17.9 Å². The molecule has 0 aliphatic heterocycles. The van der Waals surface area contributed by atoms with Crippen LogP contribution in [0, 0.1) is 10.1 Å². The Morgan fingerprint density at radius 2 is 2.26 bits per heavy atom. The lowest BCUT2D eigenvalue weighted by Gasteiger charge is -2.30. The zero-order valence-electron chi connectivity index (χ0n) is 11.3. The third-order valence-electron chi connectivity index (χ3n) is 3.06. The van der Waals surface area contributed by atoms with Crippen LogP contribution < -0.4 is 5.32 Å². The monoisotopic (exact) mass is 286 g/mol. The zero-order chi connectivity index (χ0) is 14.4. The molecule has 1 heterocycles. The van der Waals surface area contributed by atoms with E-state index < -0.39 is 6.04 Å². The summed E-state index contributed by atoms with van der Waals surface area (Å²) in [6.07, 6.45) is 1.37. The second kappa shape index (κ2) is 7.37. The van der Waals surface area contributed by atoms with Gasteiger partial charge in [0.2, 0.25) is 6.04 Å². The number of hydrogen-bond acceptors (Lipinski definition) is 5. The Bertz CT molecular complexity index is 413. The van der Waals surface area contributed by atoms with Gasteiger partial charge in [0.05, 0.1) is 0 Å². The molecule has 0 saturated carbocycles. The topological polar surface area (TPSA) is 71.3 Å². The van der Waals surface area contributed by atoms with Crippen molar-refractivity contribution < 1.29 is 4.92 Å². The fourth-order valence-electron chi connectivity index (χ4n) is 1.99. The molecule has 2 atom stereocenters. The number of pyridine rings is 1. The van der Waals surface area contributed by atoms with Gasteiger partial charge >= 0.3 is 0 Å². The average molecular weight is 287 g/mol. The Morgan fingerprint density at radius 1 is 1.58 bits per heavy atom. The Kier molecular flexibility index (Phi) is 6.14. The van der Waals surface area contributed by atoms with Gasteiger partial charge in [-0.2, -0.15) is 0 Å². The fourth-order valence-corrected chi connectivity index (χ4v) is 2.10. The van der Waals surface area contributed by atoms with Crippen LogP contribution in [0.4, 0.5) is 0 Å². The lowest BCUT2D eigenvalue weighted by atomic mass is 10.2. The molecule has 0 aromatic carbocycles. The molecule has 0 saturated heterocycles. The summed E-state index contributed by atoms with van der Waals surface area (Å²) >= 11 is 5.74. The molecule has 0 aliphatic rings. The van der Waals surface area contributed by atoms with Crippen molar-refractivity contribution in [3.8, 4) is 0 Å². The average Bonchev–Trinajstić information content (AvgIpc) is 2.40. The van der Waals surface area contributed by atoms with E-state index >= 15 is 0 Å². The zero-order valence-corrected chi connectivity index (χ0v) is 12.1. The van der Waals surface area contributed by atoms with Crippen LogP contribution in [-0.4, -0.2) is 40.6 Å². The van der Waals surface area contributed by atoms with Crippen molar-refractivity contribution in [3.63, 3.8) is 0 Å². The predicted octanol–water partition coefficient (Wildman–Crippen LogP) is 1.77. The first kappa shape index (κ1) is 15.8. The van der Waals surface area contributed by atoms with Crippen molar-refractivity contribution in [2.24, 2.45) is 0 Å². The maximum atomic E-state index is 10.9. The number of nitrogens with one attached hydrogen (secondary N) is 1. The van der Waals surface area contributed by atoms with Crippen LogP contribution in [0.25, 0.3) is 0 Å². The lowest BCUT2D eigenvalue weighted by Crippen LogP contribution is -2.52. The van der Waals surface area contributed by atoms with Gasteiger partial charge in [-0.05, 0) is 25.2 Å². The van der Waals surface area contributed by atoms with Gasteiger partial charge in [-0.15, -0.1) is 0 Å². The number of aromatic nitrogens is 1. The molecular formula is C12H19ClN4O2. The second-order valence-corrected chi connectivity index (χ2v) is 4.70. The Balaban J connectivity index is 2.80. The van der Waals surface area contributed by atoms with E-state index in [-0.39, 0.29) is 11.1 Å². The summed E-state index contributed by atoms with van der Waals surface area (Å²) in [6, 6.07) is 2.91. The van der Waals surface area contributed by atoms with Crippen molar-refractivity contribution >= 4 is 11.6 Å². The summed E-state index contributed by atoms with van der Waals surface area (Å²) in [6.45, 7) is 4.86. The minimum Gasteiger partial charge on any atom is -0.299 e. The van der Waals surface area contributed by atoms with Crippen LogP contribution >= 0.6 is 11.6 Å². The number of halogens is 1. The van der Waals surface area contributed by atoms with E-state index in [1.54, 1.807) is 26.2 Å². The van der Waals surface area contributed by atoms with Crippen LogP contribution in [0.15, 0.2) is 18.3 Å². The highest BCUT2D eigenvalue weighted by Crippen LogP contribution is 2.12. The van der Waals surface area contributed by atoms with Crippen LogP contribution in [0.3, 0.4) is 0 Å². The smallest absolute Gasteiger partial charge is 0.238 e. The quantitative estimate of drug-likeness (QED) is 0.358. The first-order valence-electron chi connectivity index (χ1n) is 6.14.